The van der Waals surface area contributed by atoms with Crippen molar-refractivity contribution in [3.8, 4) is 0 Å². The van der Waals surface area contributed by atoms with E-state index in [0.29, 0.717) is 5.92 Å². The number of nitrogens with zero attached hydrogens (tertiary/aromatic N) is 2. The standard InChI is InChI=1S/C15H25N2OPS/c1-15(2,3)13-11-17(14-9-7-6-8-10-14)19(20,16(4)5)18-12-13/h6-10,13H,11-12H2,1-5H3/t13-,19+/m0/s1. The van der Waals surface area contributed by atoms with Gasteiger partial charge in [-0.3, -0.25) is 0 Å². The third-order valence-electron chi connectivity index (χ3n) is 3.93. The average molecular weight is 312 g/mol. The van der Waals surface area contributed by atoms with E-state index in [9.17, 15) is 0 Å². The zero-order valence-corrected chi connectivity index (χ0v) is 14.7. The van der Waals surface area contributed by atoms with Gasteiger partial charge in [0.15, 0.2) is 0 Å². The third-order valence-corrected chi connectivity index (χ3v) is 8.31. The van der Waals surface area contributed by atoms with Crippen LogP contribution in [0.3, 0.4) is 0 Å². The van der Waals surface area contributed by atoms with E-state index in [1.54, 1.807) is 0 Å². The van der Waals surface area contributed by atoms with Crippen molar-refractivity contribution in [3.63, 3.8) is 0 Å². The molecule has 0 unspecified atom stereocenters. The molecule has 2 rings (SSSR count). The van der Waals surface area contributed by atoms with Crippen molar-refractivity contribution in [2.24, 2.45) is 11.3 Å². The molecule has 1 fully saturated rings. The molecule has 0 aromatic heterocycles. The minimum absolute atomic E-state index is 0.222. The van der Waals surface area contributed by atoms with Crippen LogP contribution in [-0.2, 0) is 16.3 Å². The van der Waals surface area contributed by atoms with E-state index in [-0.39, 0.29) is 5.41 Å². The van der Waals surface area contributed by atoms with Gasteiger partial charge >= 0.3 is 0 Å². The van der Waals surface area contributed by atoms with Crippen molar-refractivity contribution in [1.82, 2.24) is 4.67 Å². The lowest BCUT2D eigenvalue weighted by Gasteiger charge is -2.48. The van der Waals surface area contributed by atoms with Gasteiger partial charge in [-0.05, 0) is 43.4 Å². The Hall–Kier alpha value is -0.410. The first-order chi connectivity index (χ1) is 9.25. The summed E-state index contributed by atoms with van der Waals surface area (Å²) in [6.45, 7) is 6.41. The van der Waals surface area contributed by atoms with Gasteiger partial charge in [-0.15, -0.1) is 0 Å². The van der Waals surface area contributed by atoms with Crippen molar-refractivity contribution in [3.05, 3.63) is 30.3 Å². The minimum atomic E-state index is -2.12. The zero-order chi connectivity index (χ0) is 15.0. The highest BCUT2D eigenvalue weighted by atomic mass is 32.5. The maximum Gasteiger partial charge on any atom is 0.228 e. The van der Waals surface area contributed by atoms with E-state index < -0.39 is 6.57 Å². The van der Waals surface area contributed by atoms with Gasteiger partial charge in [0.05, 0.1) is 6.61 Å². The predicted molar refractivity (Wildman–Crippen MR) is 90.7 cm³/mol. The SMILES string of the molecule is CN(C)[P@]1(=S)OC[C@@H](C(C)(C)C)CN1c1ccccc1. The van der Waals surface area contributed by atoms with Gasteiger partial charge in [0.25, 0.3) is 0 Å². The summed E-state index contributed by atoms with van der Waals surface area (Å²) >= 11 is 5.90. The van der Waals surface area contributed by atoms with Crippen LogP contribution in [0, 0.1) is 11.3 Å². The Morgan fingerprint density at radius 3 is 2.35 bits per heavy atom. The summed E-state index contributed by atoms with van der Waals surface area (Å²) < 4.78 is 10.6. The molecule has 0 saturated carbocycles. The number of hydrogen-bond acceptors (Lipinski definition) is 2. The molecule has 1 aromatic rings. The molecule has 0 aliphatic carbocycles. The lowest BCUT2D eigenvalue weighted by Crippen LogP contribution is -2.44. The van der Waals surface area contributed by atoms with Crippen LogP contribution in [0.4, 0.5) is 5.69 Å². The molecule has 5 heteroatoms. The topological polar surface area (TPSA) is 15.7 Å². The van der Waals surface area contributed by atoms with E-state index in [2.05, 4.69) is 54.4 Å². The van der Waals surface area contributed by atoms with Crippen LogP contribution < -0.4 is 4.67 Å². The first kappa shape index (κ1) is 16.0. The molecular weight excluding hydrogens is 287 g/mol. The molecule has 1 saturated heterocycles. The first-order valence-corrected chi connectivity index (χ1v) is 9.63. The maximum atomic E-state index is 6.21. The zero-order valence-electron chi connectivity index (χ0n) is 13.0. The fourth-order valence-corrected chi connectivity index (χ4v) is 5.00. The highest BCUT2D eigenvalue weighted by Crippen LogP contribution is 2.58. The van der Waals surface area contributed by atoms with Gasteiger partial charge in [-0.25, -0.2) is 4.67 Å². The number of rotatable bonds is 2. The second kappa shape index (κ2) is 5.76. The maximum absolute atomic E-state index is 6.21. The molecule has 112 valence electrons. The molecule has 0 spiro atoms. The summed E-state index contributed by atoms with van der Waals surface area (Å²) in [6.07, 6.45) is 0. The summed E-state index contributed by atoms with van der Waals surface area (Å²) in [4.78, 5) is 0. The van der Waals surface area contributed by atoms with Crippen LogP contribution in [-0.4, -0.2) is 31.9 Å². The first-order valence-electron chi connectivity index (χ1n) is 7.00. The van der Waals surface area contributed by atoms with Crippen LogP contribution in [0.5, 0.6) is 0 Å². The fourth-order valence-electron chi connectivity index (χ4n) is 2.33. The smallest absolute Gasteiger partial charge is 0.228 e. The second-order valence-corrected chi connectivity index (χ2v) is 10.6. The van der Waals surface area contributed by atoms with Gasteiger partial charge in [0.2, 0.25) is 6.57 Å². The van der Waals surface area contributed by atoms with E-state index >= 15 is 0 Å². The Morgan fingerprint density at radius 2 is 1.85 bits per heavy atom. The Labute approximate surface area is 128 Å². The molecule has 0 N–H and O–H groups in total. The van der Waals surface area contributed by atoms with E-state index in [0.717, 1.165) is 13.2 Å². The lowest BCUT2D eigenvalue weighted by atomic mass is 9.81. The molecule has 1 aromatic carbocycles. The fraction of sp³-hybridized carbons (Fsp3) is 0.600. The molecule has 0 bridgehead atoms. The molecule has 2 atom stereocenters. The van der Waals surface area contributed by atoms with Crippen molar-refractivity contribution in [2.45, 2.75) is 20.8 Å². The van der Waals surface area contributed by atoms with Crippen LogP contribution >= 0.6 is 6.57 Å². The number of anilines is 1. The second-order valence-electron chi connectivity index (χ2n) is 6.61. The Balaban J connectivity index is 2.37. The normalized spacial score (nSPS) is 27.9. The van der Waals surface area contributed by atoms with Gasteiger partial charge in [0, 0.05) is 18.2 Å². The molecule has 0 radical (unpaired) electrons. The number of benzene rings is 1. The van der Waals surface area contributed by atoms with Crippen molar-refractivity contribution in [2.75, 3.05) is 31.9 Å². The van der Waals surface area contributed by atoms with Gasteiger partial charge in [-0.2, -0.15) is 0 Å². The molecule has 1 heterocycles. The van der Waals surface area contributed by atoms with Crippen LogP contribution in [0.25, 0.3) is 0 Å². The van der Waals surface area contributed by atoms with Crippen LogP contribution in [0.2, 0.25) is 0 Å². The molecule has 3 nitrogen and oxygen atoms in total. The molecule has 0 amide bonds. The highest BCUT2D eigenvalue weighted by molar-refractivity contribution is 8.11. The molecule has 1 aliphatic heterocycles. The van der Waals surface area contributed by atoms with Crippen molar-refractivity contribution in [1.29, 1.82) is 0 Å². The summed E-state index contributed by atoms with van der Waals surface area (Å²) in [5.41, 5.74) is 1.39. The van der Waals surface area contributed by atoms with Gasteiger partial charge in [0.1, 0.15) is 0 Å². The Kier molecular flexibility index (Phi) is 4.60. The van der Waals surface area contributed by atoms with Gasteiger partial charge < -0.3 is 9.19 Å². The van der Waals surface area contributed by atoms with Crippen molar-refractivity contribution < 1.29 is 4.52 Å². The summed E-state index contributed by atoms with van der Waals surface area (Å²) in [5.74, 6) is 0.485. The summed E-state index contributed by atoms with van der Waals surface area (Å²) in [5, 5.41) is 0. The van der Waals surface area contributed by atoms with E-state index in [1.807, 2.05) is 20.2 Å². The number of hydrogen-bond donors (Lipinski definition) is 0. The van der Waals surface area contributed by atoms with Gasteiger partial charge in [-0.1, -0.05) is 39.0 Å². The third kappa shape index (κ3) is 3.09. The minimum Gasteiger partial charge on any atom is -0.322 e. The molecular formula is C15H25N2OPS. The van der Waals surface area contributed by atoms with E-state index in [1.165, 1.54) is 5.69 Å². The summed E-state index contributed by atoms with van der Waals surface area (Å²) in [6, 6.07) is 10.4. The largest absolute Gasteiger partial charge is 0.322 e. The van der Waals surface area contributed by atoms with Crippen LogP contribution in [0.1, 0.15) is 20.8 Å². The Bertz CT molecular complexity index is 498. The lowest BCUT2D eigenvalue weighted by molar-refractivity contribution is 0.140. The predicted octanol–water partition coefficient (Wildman–Crippen LogP) is 3.97. The molecule has 20 heavy (non-hydrogen) atoms. The quantitative estimate of drug-likeness (QED) is 0.768. The molecule has 1 aliphatic rings. The van der Waals surface area contributed by atoms with E-state index in [4.69, 9.17) is 16.3 Å². The highest BCUT2D eigenvalue weighted by Gasteiger charge is 2.40. The average Bonchev–Trinajstić information content (AvgIpc) is 2.38. The summed E-state index contributed by atoms with van der Waals surface area (Å²) in [7, 11) is 4.04. The monoisotopic (exact) mass is 312 g/mol. The number of para-hydroxylation sites is 1. The van der Waals surface area contributed by atoms with Crippen LogP contribution in [0.15, 0.2) is 30.3 Å². The van der Waals surface area contributed by atoms with Crippen molar-refractivity contribution >= 4 is 24.1 Å². The Morgan fingerprint density at radius 1 is 1.25 bits per heavy atom.